The number of para-hydroxylation sites is 1. The molecule has 0 radical (unpaired) electrons. The summed E-state index contributed by atoms with van der Waals surface area (Å²) in [6.07, 6.45) is 2.03. The van der Waals surface area contributed by atoms with Crippen molar-refractivity contribution in [3.05, 3.63) is 68.8 Å². The third-order valence-corrected chi connectivity index (χ3v) is 7.14. The fourth-order valence-electron chi connectivity index (χ4n) is 4.78. The third kappa shape index (κ3) is 4.26. The Morgan fingerprint density at radius 2 is 2.06 bits per heavy atom. The fourth-order valence-corrected chi connectivity index (χ4v) is 5.00. The Kier molecular flexibility index (Phi) is 6.23. The predicted molar refractivity (Wildman–Crippen MR) is 129 cm³/mol. The predicted octanol–water partition coefficient (Wildman–Crippen LogP) is 4.83. The molecule has 0 saturated heterocycles. The molecule has 3 unspecified atom stereocenters. The molecule has 8 heteroatoms. The molecule has 1 aliphatic carbocycles. The van der Waals surface area contributed by atoms with Crippen molar-refractivity contribution in [1.82, 2.24) is 0 Å². The minimum Gasteiger partial charge on any atom is -0.491 e. The molecule has 2 aliphatic rings. The van der Waals surface area contributed by atoms with Gasteiger partial charge in [-0.2, -0.15) is 0 Å². The number of benzene rings is 2. The molecule has 1 fully saturated rings. The Labute approximate surface area is 201 Å². The van der Waals surface area contributed by atoms with Gasteiger partial charge in [-0.25, -0.2) is 0 Å². The van der Waals surface area contributed by atoms with Gasteiger partial charge in [-0.15, -0.1) is 0 Å². The molecule has 1 aromatic heterocycles. The number of anilines is 1. The zero-order chi connectivity index (χ0) is 23.8. The number of carboxylic acids is 1. The first-order valence-corrected chi connectivity index (χ1v) is 11.9. The van der Waals surface area contributed by atoms with Gasteiger partial charge in [-0.05, 0) is 61.6 Å². The van der Waals surface area contributed by atoms with Crippen LogP contribution < -0.4 is 15.1 Å². The molecule has 1 N–H and O–H groups in total. The van der Waals surface area contributed by atoms with Gasteiger partial charge in [-0.1, -0.05) is 23.7 Å². The fraction of sp³-hybridized carbons (Fsp3) is 0.385. The summed E-state index contributed by atoms with van der Waals surface area (Å²) < 4.78 is 17.6. The Bertz CT molecular complexity index is 1290. The van der Waals surface area contributed by atoms with E-state index in [1.165, 1.54) is 11.6 Å². The van der Waals surface area contributed by atoms with Gasteiger partial charge >= 0.3 is 5.97 Å². The molecule has 3 aromatic rings. The molecule has 0 spiro atoms. The van der Waals surface area contributed by atoms with E-state index in [1.54, 1.807) is 18.2 Å². The number of ether oxygens (including phenoxy) is 2. The van der Waals surface area contributed by atoms with Crippen LogP contribution in [0.1, 0.15) is 36.9 Å². The maximum absolute atomic E-state index is 12.6. The van der Waals surface area contributed by atoms with Crippen LogP contribution in [0.25, 0.3) is 11.0 Å². The Morgan fingerprint density at radius 1 is 1.21 bits per heavy atom. The van der Waals surface area contributed by atoms with Crippen molar-refractivity contribution in [3.8, 4) is 5.75 Å². The van der Waals surface area contributed by atoms with E-state index >= 15 is 0 Å². The monoisotopic (exact) mass is 483 g/mol. The number of hydrogen-bond donors (Lipinski definition) is 1. The minimum absolute atomic E-state index is 0.00999. The zero-order valence-electron chi connectivity index (χ0n) is 18.8. The lowest BCUT2D eigenvalue weighted by atomic mass is 9.82. The molecule has 0 bridgehead atoms. The maximum atomic E-state index is 12.6. The van der Waals surface area contributed by atoms with E-state index in [2.05, 4.69) is 11.8 Å². The van der Waals surface area contributed by atoms with E-state index in [0.717, 1.165) is 24.2 Å². The van der Waals surface area contributed by atoms with E-state index in [9.17, 15) is 9.59 Å². The molecule has 1 saturated carbocycles. The topological polar surface area (TPSA) is 89.2 Å². The average molecular weight is 484 g/mol. The molecule has 3 atom stereocenters. The summed E-state index contributed by atoms with van der Waals surface area (Å²) in [5.41, 5.74) is 2.63. The second kappa shape index (κ2) is 9.31. The molecule has 0 amide bonds. The van der Waals surface area contributed by atoms with Gasteiger partial charge < -0.3 is 23.9 Å². The summed E-state index contributed by atoms with van der Waals surface area (Å²) in [4.78, 5) is 25.8. The van der Waals surface area contributed by atoms with E-state index in [1.807, 2.05) is 18.2 Å². The van der Waals surface area contributed by atoms with Crippen LogP contribution in [0.5, 0.6) is 5.75 Å². The number of hydrogen-bond acceptors (Lipinski definition) is 6. The lowest BCUT2D eigenvalue weighted by molar-refractivity contribution is -0.156. The SMILES string of the molecule is CC1c2ccc(OCCOC3CCC3C(=O)O)cc2CCN1c1cc(=O)c2cccc(Cl)c2o1. The third-order valence-electron chi connectivity index (χ3n) is 6.84. The van der Waals surface area contributed by atoms with Gasteiger partial charge in [0, 0.05) is 12.6 Å². The van der Waals surface area contributed by atoms with Crippen molar-refractivity contribution in [2.75, 3.05) is 24.7 Å². The summed E-state index contributed by atoms with van der Waals surface area (Å²) in [6.45, 7) is 3.50. The lowest BCUT2D eigenvalue weighted by Crippen LogP contribution is -2.40. The van der Waals surface area contributed by atoms with E-state index in [4.69, 9.17) is 30.6 Å². The van der Waals surface area contributed by atoms with Gasteiger partial charge in [0.25, 0.3) is 0 Å². The molecular formula is C26H26ClNO6. The van der Waals surface area contributed by atoms with E-state index in [0.29, 0.717) is 48.1 Å². The van der Waals surface area contributed by atoms with Crippen molar-refractivity contribution in [1.29, 1.82) is 0 Å². The molecule has 2 heterocycles. The highest BCUT2D eigenvalue weighted by Gasteiger charge is 2.37. The van der Waals surface area contributed by atoms with Crippen LogP contribution in [0.4, 0.5) is 5.88 Å². The standard InChI is InChI=1S/C26H26ClNO6/c1-15-18-6-5-17(32-11-12-33-23-8-7-20(23)26(30)31)13-16(18)9-10-28(15)24-14-22(29)19-3-2-4-21(27)25(19)34-24/h2-6,13-15,20,23H,7-12H2,1H3,(H,30,31). The zero-order valence-corrected chi connectivity index (χ0v) is 19.6. The van der Waals surface area contributed by atoms with Crippen molar-refractivity contribution < 1.29 is 23.8 Å². The van der Waals surface area contributed by atoms with Crippen LogP contribution in [0, 0.1) is 5.92 Å². The van der Waals surface area contributed by atoms with Gasteiger partial charge in [0.15, 0.2) is 11.0 Å². The summed E-state index contributed by atoms with van der Waals surface area (Å²) >= 11 is 6.28. The molecule has 1 aliphatic heterocycles. The Balaban J connectivity index is 1.25. The van der Waals surface area contributed by atoms with Crippen LogP contribution in [0.2, 0.25) is 5.02 Å². The van der Waals surface area contributed by atoms with Crippen LogP contribution in [0.15, 0.2) is 51.7 Å². The van der Waals surface area contributed by atoms with Crippen LogP contribution in [-0.2, 0) is 16.0 Å². The van der Waals surface area contributed by atoms with Crippen LogP contribution in [-0.4, -0.2) is 36.9 Å². The highest BCUT2D eigenvalue weighted by molar-refractivity contribution is 6.34. The molecule has 34 heavy (non-hydrogen) atoms. The first-order valence-electron chi connectivity index (χ1n) is 11.5. The molecule has 7 nitrogen and oxygen atoms in total. The van der Waals surface area contributed by atoms with Crippen molar-refractivity contribution in [3.63, 3.8) is 0 Å². The summed E-state index contributed by atoms with van der Waals surface area (Å²) in [6, 6.07) is 12.7. The van der Waals surface area contributed by atoms with Gasteiger partial charge in [0.2, 0.25) is 5.88 Å². The number of fused-ring (bicyclic) bond motifs is 2. The van der Waals surface area contributed by atoms with Gasteiger partial charge in [0.05, 0.1) is 35.1 Å². The summed E-state index contributed by atoms with van der Waals surface area (Å²) in [5.74, 6) is 0.0876. The van der Waals surface area contributed by atoms with Crippen molar-refractivity contribution >= 4 is 34.4 Å². The first kappa shape index (κ1) is 22.7. The van der Waals surface area contributed by atoms with E-state index < -0.39 is 11.9 Å². The Morgan fingerprint density at radius 3 is 2.82 bits per heavy atom. The molecule has 178 valence electrons. The second-order valence-corrected chi connectivity index (χ2v) is 9.23. The van der Waals surface area contributed by atoms with Crippen molar-refractivity contribution in [2.45, 2.75) is 38.3 Å². The number of rotatable bonds is 7. The number of carbonyl (C=O) groups is 1. The number of aliphatic carboxylic acids is 1. The lowest BCUT2D eigenvalue weighted by Gasteiger charge is -2.36. The van der Waals surface area contributed by atoms with Crippen LogP contribution in [0.3, 0.4) is 0 Å². The number of nitrogens with zero attached hydrogens (tertiary/aromatic N) is 1. The average Bonchev–Trinajstić information content (AvgIpc) is 2.78. The summed E-state index contributed by atoms with van der Waals surface area (Å²) in [7, 11) is 0. The summed E-state index contributed by atoms with van der Waals surface area (Å²) in [5, 5.41) is 9.99. The second-order valence-electron chi connectivity index (χ2n) is 8.83. The molecule has 5 rings (SSSR count). The first-order chi connectivity index (χ1) is 16.4. The van der Waals surface area contributed by atoms with Gasteiger partial charge in [-0.3, -0.25) is 9.59 Å². The largest absolute Gasteiger partial charge is 0.491 e. The van der Waals surface area contributed by atoms with Crippen molar-refractivity contribution in [2.24, 2.45) is 5.92 Å². The normalized spacial score (nSPS) is 21.7. The highest BCUT2D eigenvalue weighted by Crippen LogP contribution is 2.36. The number of carboxylic acid groups (broad SMARTS) is 1. The van der Waals surface area contributed by atoms with Crippen LogP contribution >= 0.6 is 11.6 Å². The quantitative estimate of drug-likeness (QED) is 0.481. The maximum Gasteiger partial charge on any atom is 0.309 e. The highest BCUT2D eigenvalue weighted by atomic mass is 35.5. The molecular weight excluding hydrogens is 458 g/mol. The Hall–Kier alpha value is -3.03. The van der Waals surface area contributed by atoms with E-state index in [-0.39, 0.29) is 17.6 Å². The smallest absolute Gasteiger partial charge is 0.309 e. The van der Waals surface area contributed by atoms with Gasteiger partial charge in [0.1, 0.15) is 12.4 Å². The molecule has 2 aromatic carbocycles. The minimum atomic E-state index is -0.791. The number of halogens is 1.